The van der Waals surface area contributed by atoms with Crippen molar-refractivity contribution >= 4 is 17.9 Å². The average Bonchev–Trinajstić information content (AvgIpc) is 2.90. The van der Waals surface area contributed by atoms with E-state index in [2.05, 4.69) is 16.0 Å². The Bertz CT molecular complexity index is 1190. The molecule has 0 saturated heterocycles. The minimum atomic E-state index is -0.762. The van der Waals surface area contributed by atoms with E-state index in [9.17, 15) is 14.4 Å². The second kappa shape index (κ2) is 14.0. The maximum Gasteiger partial charge on any atom is 0.407 e. The predicted octanol–water partition coefficient (Wildman–Crippen LogP) is 5.12. The first-order valence-electron chi connectivity index (χ1n) is 13.0. The number of benzene rings is 3. The van der Waals surface area contributed by atoms with E-state index in [1.54, 1.807) is 32.9 Å². The van der Waals surface area contributed by atoms with Crippen LogP contribution in [0.4, 0.5) is 4.79 Å². The third-order valence-corrected chi connectivity index (χ3v) is 5.77. The summed E-state index contributed by atoms with van der Waals surface area (Å²) in [6.07, 6.45) is 1.01. The zero-order valence-electron chi connectivity index (χ0n) is 22.3. The van der Waals surface area contributed by atoms with E-state index in [1.807, 2.05) is 72.8 Å². The Balaban J connectivity index is 1.66. The summed E-state index contributed by atoms with van der Waals surface area (Å²) < 4.78 is 5.27. The Morgan fingerprint density at radius 2 is 1.42 bits per heavy atom. The van der Waals surface area contributed by atoms with E-state index >= 15 is 0 Å². The molecule has 38 heavy (non-hydrogen) atoms. The van der Waals surface area contributed by atoms with Crippen LogP contribution in [0.2, 0.25) is 0 Å². The molecule has 0 aliphatic carbocycles. The summed E-state index contributed by atoms with van der Waals surface area (Å²) in [5, 5.41) is 8.58. The molecular formula is C31H37N3O4. The van der Waals surface area contributed by atoms with Crippen LogP contribution in [-0.4, -0.2) is 42.6 Å². The molecule has 3 aromatic carbocycles. The standard InChI is InChI=1S/C31H37N3O4/c1-31(2,3)38-30(37)33-21-12-19-27(29(36)32-22-20-23-13-6-4-7-14-23)34-28(35)26-18-11-10-17-25(26)24-15-8-5-9-16-24/h4-11,13-18,27H,12,19-22H2,1-3H3,(H,32,36)(H,33,37)(H,34,35). The van der Waals surface area contributed by atoms with E-state index in [0.29, 0.717) is 37.9 Å². The largest absolute Gasteiger partial charge is 0.444 e. The van der Waals surface area contributed by atoms with E-state index in [1.165, 1.54) is 0 Å². The minimum Gasteiger partial charge on any atom is -0.444 e. The first-order valence-corrected chi connectivity index (χ1v) is 13.0. The number of hydrogen-bond acceptors (Lipinski definition) is 4. The molecule has 200 valence electrons. The fourth-order valence-corrected chi connectivity index (χ4v) is 3.96. The lowest BCUT2D eigenvalue weighted by molar-refractivity contribution is -0.123. The lowest BCUT2D eigenvalue weighted by Crippen LogP contribution is -2.47. The topological polar surface area (TPSA) is 96.5 Å². The van der Waals surface area contributed by atoms with Gasteiger partial charge in [0.2, 0.25) is 5.91 Å². The maximum atomic E-state index is 13.4. The van der Waals surface area contributed by atoms with Crippen LogP contribution in [0.1, 0.15) is 49.5 Å². The lowest BCUT2D eigenvalue weighted by atomic mass is 9.98. The fraction of sp³-hybridized carbons (Fsp3) is 0.323. The summed E-state index contributed by atoms with van der Waals surface area (Å²) in [5.41, 5.74) is 2.73. The zero-order valence-corrected chi connectivity index (χ0v) is 22.3. The van der Waals surface area contributed by atoms with Crippen molar-refractivity contribution in [1.29, 1.82) is 0 Å². The van der Waals surface area contributed by atoms with Crippen LogP contribution in [0.5, 0.6) is 0 Å². The van der Waals surface area contributed by atoms with Crippen LogP contribution in [-0.2, 0) is 16.0 Å². The first-order chi connectivity index (χ1) is 18.2. The van der Waals surface area contributed by atoms with Crippen molar-refractivity contribution in [2.24, 2.45) is 0 Å². The fourth-order valence-electron chi connectivity index (χ4n) is 3.96. The molecule has 1 atom stereocenters. The first kappa shape index (κ1) is 28.4. The van der Waals surface area contributed by atoms with E-state index in [4.69, 9.17) is 4.74 Å². The van der Waals surface area contributed by atoms with Crippen LogP contribution < -0.4 is 16.0 Å². The van der Waals surface area contributed by atoms with Gasteiger partial charge >= 0.3 is 6.09 Å². The highest BCUT2D eigenvalue weighted by Gasteiger charge is 2.23. The molecule has 0 spiro atoms. The number of rotatable bonds is 11. The van der Waals surface area contributed by atoms with Crippen LogP contribution >= 0.6 is 0 Å². The molecule has 0 saturated carbocycles. The molecule has 0 aromatic heterocycles. The predicted molar refractivity (Wildman–Crippen MR) is 150 cm³/mol. The van der Waals surface area contributed by atoms with Crippen molar-refractivity contribution in [2.45, 2.75) is 51.7 Å². The normalized spacial score (nSPS) is 11.8. The summed E-state index contributed by atoms with van der Waals surface area (Å²) >= 11 is 0. The molecule has 3 rings (SSSR count). The molecule has 3 N–H and O–H groups in total. The summed E-state index contributed by atoms with van der Waals surface area (Å²) in [6, 6.07) is 26.1. The number of amides is 3. The van der Waals surface area contributed by atoms with Crippen molar-refractivity contribution < 1.29 is 19.1 Å². The van der Waals surface area contributed by atoms with Gasteiger partial charge in [-0.15, -0.1) is 0 Å². The molecular weight excluding hydrogens is 478 g/mol. The van der Waals surface area contributed by atoms with E-state index in [0.717, 1.165) is 16.7 Å². The van der Waals surface area contributed by atoms with Gasteiger partial charge in [0, 0.05) is 18.7 Å². The zero-order chi connectivity index (χ0) is 27.4. The Kier molecular flexibility index (Phi) is 10.5. The Hall–Kier alpha value is -4.13. The molecule has 3 aromatic rings. The van der Waals surface area contributed by atoms with Gasteiger partial charge in [-0.25, -0.2) is 4.79 Å². The maximum absolute atomic E-state index is 13.4. The average molecular weight is 516 g/mol. The van der Waals surface area contributed by atoms with Crippen molar-refractivity contribution in [3.8, 4) is 11.1 Å². The molecule has 1 unspecified atom stereocenters. The third-order valence-electron chi connectivity index (χ3n) is 5.77. The van der Waals surface area contributed by atoms with Crippen LogP contribution in [0.3, 0.4) is 0 Å². The van der Waals surface area contributed by atoms with Crippen LogP contribution in [0, 0.1) is 0 Å². The molecule has 0 heterocycles. The van der Waals surface area contributed by atoms with Crippen LogP contribution in [0.25, 0.3) is 11.1 Å². The number of carbonyl (C=O) groups excluding carboxylic acids is 3. The Morgan fingerprint density at radius 3 is 2.11 bits per heavy atom. The SMILES string of the molecule is CC(C)(C)OC(=O)NCCCC(NC(=O)c1ccccc1-c1ccccc1)C(=O)NCCc1ccccc1. The molecule has 0 aliphatic heterocycles. The van der Waals surface area contributed by atoms with Gasteiger partial charge in [-0.1, -0.05) is 78.9 Å². The van der Waals surface area contributed by atoms with Gasteiger partial charge in [-0.3, -0.25) is 9.59 Å². The molecule has 0 aliphatic rings. The molecule has 7 heteroatoms. The number of carbonyl (C=O) groups is 3. The van der Waals surface area contributed by atoms with E-state index < -0.39 is 17.7 Å². The highest BCUT2D eigenvalue weighted by molar-refractivity contribution is 6.02. The molecule has 0 fully saturated rings. The van der Waals surface area contributed by atoms with E-state index in [-0.39, 0.29) is 11.8 Å². The molecule has 0 radical (unpaired) electrons. The highest BCUT2D eigenvalue weighted by Crippen LogP contribution is 2.23. The summed E-state index contributed by atoms with van der Waals surface area (Å²) in [5.74, 6) is -0.587. The van der Waals surface area contributed by atoms with Crippen LogP contribution in [0.15, 0.2) is 84.9 Å². The number of nitrogens with one attached hydrogen (secondary N) is 3. The highest BCUT2D eigenvalue weighted by atomic mass is 16.6. The van der Waals surface area contributed by atoms with Gasteiger partial charge < -0.3 is 20.7 Å². The molecule has 0 bridgehead atoms. The number of ether oxygens (including phenoxy) is 1. The molecule has 7 nitrogen and oxygen atoms in total. The summed E-state index contributed by atoms with van der Waals surface area (Å²) in [4.78, 5) is 38.5. The van der Waals surface area contributed by atoms with Gasteiger partial charge in [-0.2, -0.15) is 0 Å². The van der Waals surface area contributed by atoms with Crippen molar-refractivity contribution in [3.05, 3.63) is 96.1 Å². The van der Waals surface area contributed by atoms with Crippen molar-refractivity contribution in [2.75, 3.05) is 13.1 Å². The smallest absolute Gasteiger partial charge is 0.407 e. The Morgan fingerprint density at radius 1 is 0.789 bits per heavy atom. The second-order valence-electron chi connectivity index (χ2n) is 10.0. The van der Waals surface area contributed by atoms with Gasteiger partial charge in [0.15, 0.2) is 0 Å². The van der Waals surface area contributed by atoms with Crippen molar-refractivity contribution in [1.82, 2.24) is 16.0 Å². The number of alkyl carbamates (subject to hydrolysis) is 1. The monoisotopic (exact) mass is 515 g/mol. The summed E-state index contributed by atoms with van der Waals surface area (Å²) in [7, 11) is 0. The lowest BCUT2D eigenvalue weighted by Gasteiger charge is -2.21. The third kappa shape index (κ3) is 9.39. The van der Waals surface area contributed by atoms with Gasteiger partial charge in [0.25, 0.3) is 5.91 Å². The van der Waals surface area contributed by atoms with Crippen molar-refractivity contribution in [3.63, 3.8) is 0 Å². The molecule has 3 amide bonds. The number of hydrogen-bond donors (Lipinski definition) is 3. The minimum absolute atomic E-state index is 0.260. The van der Waals surface area contributed by atoms with Gasteiger partial charge in [-0.05, 0) is 62.8 Å². The van der Waals surface area contributed by atoms with Gasteiger partial charge in [0.05, 0.1) is 0 Å². The quantitative estimate of drug-likeness (QED) is 0.309. The second-order valence-corrected chi connectivity index (χ2v) is 10.0. The summed E-state index contributed by atoms with van der Waals surface area (Å²) in [6.45, 7) is 6.16. The van der Waals surface area contributed by atoms with Gasteiger partial charge in [0.1, 0.15) is 11.6 Å². The Labute approximate surface area is 225 Å².